The Bertz CT molecular complexity index is 1560. The Morgan fingerprint density at radius 3 is 2.69 bits per heavy atom. The van der Waals surface area contributed by atoms with Gasteiger partial charge in [-0.05, 0) is 57.0 Å². The summed E-state index contributed by atoms with van der Waals surface area (Å²) >= 11 is 6.69. The number of ether oxygens (including phenoxy) is 1. The third-order valence-electron chi connectivity index (χ3n) is 9.01. The summed E-state index contributed by atoms with van der Waals surface area (Å²) < 4.78 is 6.31. The standard InChI is InChI=1S/C32H36ClN7O2/c1-4-28(41)40-18-17-39(19-23(40)11-15-34)30-24-12-16-38(27-10-6-8-22-7-5-9-25(33)29(22)27)20-26(24)35-31(36-30)42-21-32(13-14-32)37(2)3/h4-10,23H,1,11-14,16-21H2,2-3H3/t23-/m0/s1. The van der Waals surface area contributed by atoms with Gasteiger partial charge in [0.1, 0.15) is 12.4 Å². The van der Waals surface area contributed by atoms with Crippen molar-refractivity contribution in [2.75, 3.05) is 56.7 Å². The van der Waals surface area contributed by atoms with E-state index in [1.807, 2.05) is 12.1 Å². The Morgan fingerprint density at radius 2 is 1.98 bits per heavy atom. The van der Waals surface area contributed by atoms with Crippen LogP contribution in [0.2, 0.25) is 5.02 Å². The molecule has 9 nitrogen and oxygen atoms in total. The highest BCUT2D eigenvalue weighted by Gasteiger charge is 2.46. The number of nitriles is 1. The first-order valence-electron chi connectivity index (χ1n) is 14.5. The van der Waals surface area contributed by atoms with Gasteiger partial charge in [-0.3, -0.25) is 4.79 Å². The number of rotatable bonds is 8. The first-order valence-corrected chi connectivity index (χ1v) is 14.9. The first kappa shape index (κ1) is 28.3. The Labute approximate surface area is 251 Å². The van der Waals surface area contributed by atoms with E-state index in [0.29, 0.717) is 38.8 Å². The van der Waals surface area contributed by atoms with Gasteiger partial charge < -0.3 is 24.3 Å². The molecule has 0 radical (unpaired) electrons. The maximum atomic E-state index is 12.5. The minimum atomic E-state index is -0.245. The van der Waals surface area contributed by atoms with Gasteiger partial charge in [0, 0.05) is 42.8 Å². The number of carbonyl (C=O) groups is 1. The van der Waals surface area contributed by atoms with E-state index in [4.69, 9.17) is 26.3 Å². The van der Waals surface area contributed by atoms with Crippen LogP contribution in [0.4, 0.5) is 11.5 Å². The molecule has 3 aromatic rings. The second-order valence-corrected chi connectivity index (χ2v) is 12.1. The van der Waals surface area contributed by atoms with Crippen molar-refractivity contribution in [3.05, 3.63) is 65.3 Å². The van der Waals surface area contributed by atoms with E-state index in [1.54, 1.807) is 4.90 Å². The van der Waals surface area contributed by atoms with E-state index in [0.717, 1.165) is 64.4 Å². The molecule has 0 unspecified atom stereocenters. The number of piperazine rings is 1. The molecule has 3 heterocycles. The third kappa shape index (κ3) is 5.25. The molecular weight excluding hydrogens is 550 g/mol. The number of anilines is 2. The maximum absolute atomic E-state index is 12.5. The lowest BCUT2D eigenvalue weighted by molar-refractivity contribution is -0.128. The lowest BCUT2D eigenvalue weighted by Crippen LogP contribution is -2.55. The van der Waals surface area contributed by atoms with Crippen molar-refractivity contribution in [2.24, 2.45) is 0 Å². The summed E-state index contributed by atoms with van der Waals surface area (Å²) in [4.78, 5) is 31.0. The fourth-order valence-corrected chi connectivity index (χ4v) is 6.54. The Kier molecular flexibility index (Phi) is 7.69. The summed E-state index contributed by atoms with van der Waals surface area (Å²) in [7, 11) is 4.17. The van der Waals surface area contributed by atoms with E-state index in [1.165, 1.54) is 6.08 Å². The third-order valence-corrected chi connectivity index (χ3v) is 9.32. The van der Waals surface area contributed by atoms with Crippen LogP contribution in [0.5, 0.6) is 6.01 Å². The van der Waals surface area contributed by atoms with Gasteiger partial charge in [0.15, 0.2) is 0 Å². The molecule has 0 spiro atoms. The molecule has 10 heteroatoms. The number of halogens is 1. The number of amides is 1. The predicted molar refractivity (Wildman–Crippen MR) is 165 cm³/mol. The van der Waals surface area contributed by atoms with Crippen molar-refractivity contribution < 1.29 is 9.53 Å². The molecule has 1 amide bonds. The number of carbonyl (C=O) groups excluding carboxylic acids is 1. The van der Waals surface area contributed by atoms with Crippen molar-refractivity contribution in [3.8, 4) is 12.1 Å². The van der Waals surface area contributed by atoms with Crippen molar-refractivity contribution in [1.29, 1.82) is 5.26 Å². The highest BCUT2D eigenvalue weighted by molar-refractivity contribution is 6.36. The quantitative estimate of drug-likeness (QED) is 0.359. The van der Waals surface area contributed by atoms with Crippen LogP contribution in [0.1, 0.15) is 30.5 Å². The van der Waals surface area contributed by atoms with Crippen LogP contribution in [0.15, 0.2) is 49.1 Å². The Morgan fingerprint density at radius 1 is 1.19 bits per heavy atom. The van der Waals surface area contributed by atoms with Crippen LogP contribution < -0.4 is 14.5 Å². The molecule has 42 heavy (non-hydrogen) atoms. The van der Waals surface area contributed by atoms with Crippen molar-refractivity contribution in [1.82, 2.24) is 19.8 Å². The van der Waals surface area contributed by atoms with Gasteiger partial charge in [-0.15, -0.1) is 0 Å². The minimum Gasteiger partial charge on any atom is -0.461 e. The fraction of sp³-hybridized carbons (Fsp3) is 0.438. The van der Waals surface area contributed by atoms with Crippen LogP contribution >= 0.6 is 11.6 Å². The van der Waals surface area contributed by atoms with Crippen LogP contribution in [-0.2, 0) is 17.8 Å². The van der Waals surface area contributed by atoms with Gasteiger partial charge in [-0.25, -0.2) is 0 Å². The average Bonchev–Trinajstić information content (AvgIpc) is 3.80. The van der Waals surface area contributed by atoms with Crippen LogP contribution in [0.25, 0.3) is 10.8 Å². The summed E-state index contributed by atoms with van der Waals surface area (Å²) in [5, 5.41) is 12.4. The topological polar surface area (TPSA) is 88.8 Å². The van der Waals surface area contributed by atoms with E-state index < -0.39 is 0 Å². The lowest BCUT2D eigenvalue weighted by Gasteiger charge is -2.42. The first-order chi connectivity index (χ1) is 20.3. The lowest BCUT2D eigenvalue weighted by atomic mass is 10.0. The number of hydrogen-bond donors (Lipinski definition) is 0. The molecule has 1 atom stereocenters. The average molecular weight is 586 g/mol. The number of aromatic nitrogens is 2. The van der Waals surface area contributed by atoms with Crippen LogP contribution in [0, 0.1) is 11.3 Å². The SMILES string of the molecule is C=CC(=O)N1CCN(c2nc(OCC3(N(C)C)CC3)nc3c2CCN(c2cccc4cccc(Cl)c24)C3)C[C@@H]1CC#N. The largest absolute Gasteiger partial charge is 0.461 e. The number of hydrogen-bond acceptors (Lipinski definition) is 8. The van der Waals surface area contributed by atoms with E-state index in [9.17, 15) is 10.1 Å². The second kappa shape index (κ2) is 11.4. The molecule has 1 aliphatic carbocycles. The molecule has 2 aromatic carbocycles. The smallest absolute Gasteiger partial charge is 0.318 e. The van der Waals surface area contributed by atoms with Gasteiger partial charge in [-0.1, -0.05) is 42.4 Å². The highest BCUT2D eigenvalue weighted by atomic mass is 35.5. The summed E-state index contributed by atoms with van der Waals surface area (Å²) in [5.41, 5.74) is 3.14. The van der Waals surface area contributed by atoms with E-state index >= 15 is 0 Å². The van der Waals surface area contributed by atoms with Crippen LogP contribution in [-0.4, -0.2) is 84.1 Å². The molecule has 0 N–H and O–H groups in total. The van der Waals surface area contributed by atoms with Gasteiger partial charge >= 0.3 is 6.01 Å². The Balaban J connectivity index is 1.35. The summed E-state index contributed by atoms with van der Waals surface area (Å²) in [6, 6.07) is 14.7. The number of likely N-dealkylation sites (N-methyl/N-ethyl adjacent to an activating group) is 1. The molecule has 3 aliphatic rings. The predicted octanol–water partition coefficient (Wildman–Crippen LogP) is 4.44. The van der Waals surface area contributed by atoms with E-state index in [2.05, 4.69) is 65.7 Å². The van der Waals surface area contributed by atoms with E-state index in [-0.39, 0.29) is 23.9 Å². The van der Waals surface area contributed by atoms with Crippen molar-refractivity contribution >= 4 is 39.8 Å². The molecular formula is C32H36ClN7O2. The fourth-order valence-electron chi connectivity index (χ4n) is 6.26. The summed E-state index contributed by atoms with van der Waals surface area (Å²) in [5.74, 6) is 0.695. The molecule has 2 fully saturated rings. The number of fused-ring (bicyclic) bond motifs is 2. The zero-order valence-corrected chi connectivity index (χ0v) is 25.0. The maximum Gasteiger partial charge on any atom is 0.318 e. The molecule has 0 bridgehead atoms. The molecule has 218 valence electrons. The van der Waals surface area contributed by atoms with Gasteiger partial charge in [0.2, 0.25) is 5.91 Å². The van der Waals surface area contributed by atoms with Gasteiger partial charge in [0.25, 0.3) is 0 Å². The highest BCUT2D eigenvalue weighted by Crippen LogP contribution is 2.41. The van der Waals surface area contributed by atoms with Gasteiger partial charge in [0.05, 0.1) is 41.3 Å². The molecule has 6 rings (SSSR count). The molecule has 1 aromatic heterocycles. The monoisotopic (exact) mass is 585 g/mol. The normalized spacial score (nSPS) is 19.4. The Hall–Kier alpha value is -3.87. The minimum absolute atomic E-state index is 0.0275. The van der Waals surface area contributed by atoms with Crippen molar-refractivity contribution in [2.45, 2.75) is 43.8 Å². The van der Waals surface area contributed by atoms with Crippen molar-refractivity contribution in [3.63, 3.8) is 0 Å². The summed E-state index contributed by atoms with van der Waals surface area (Å²) in [6.07, 6.45) is 4.49. The molecule has 1 saturated heterocycles. The zero-order valence-electron chi connectivity index (χ0n) is 24.2. The van der Waals surface area contributed by atoms with Gasteiger partial charge in [-0.2, -0.15) is 15.2 Å². The molecule has 2 aliphatic heterocycles. The summed E-state index contributed by atoms with van der Waals surface area (Å²) in [6.45, 7) is 7.18. The number of nitrogens with zero attached hydrogens (tertiary/aromatic N) is 7. The molecule has 1 saturated carbocycles. The van der Waals surface area contributed by atoms with Crippen LogP contribution in [0.3, 0.4) is 0 Å². The zero-order chi connectivity index (χ0) is 29.4. The number of benzene rings is 2. The second-order valence-electron chi connectivity index (χ2n) is 11.6.